The highest BCUT2D eigenvalue weighted by atomic mass is 16.5. The molecule has 1 unspecified atom stereocenters. The summed E-state index contributed by atoms with van der Waals surface area (Å²) < 4.78 is 16.4. The largest absolute Gasteiger partial charge is 0.456 e. The van der Waals surface area contributed by atoms with Crippen LogP contribution in [0.5, 0.6) is 11.5 Å². The van der Waals surface area contributed by atoms with Gasteiger partial charge in [-0.3, -0.25) is 0 Å². The van der Waals surface area contributed by atoms with E-state index in [9.17, 15) is 0 Å². The zero-order valence-corrected chi connectivity index (χ0v) is 23.6. The topological polar surface area (TPSA) is 26.8 Å². The molecule has 204 valence electrons. The van der Waals surface area contributed by atoms with Crippen LogP contribution in [0.4, 0.5) is 0 Å². The molecule has 6 heterocycles. The number of hydrogen-bond acceptors (Lipinski definition) is 1. The first-order valence-corrected chi connectivity index (χ1v) is 15.0. The Hall–Kier alpha value is -5.94. The molecule has 3 aliphatic rings. The molecule has 3 aromatic heterocycles. The van der Waals surface area contributed by atoms with Gasteiger partial charge in [0, 0.05) is 16.8 Å². The summed E-state index contributed by atoms with van der Waals surface area (Å²) in [5.74, 6) is 2.91. The first kappa shape index (κ1) is 22.6. The van der Waals surface area contributed by atoms with Crippen LogP contribution in [0.15, 0.2) is 146 Å². The van der Waals surface area contributed by atoms with Crippen LogP contribution >= 0.6 is 0 Å². The quantitative estimate of drug-likeness (QED) is 0.200. The van der Waals surface area contributed by atoms with E-state index in [4.69, 9.17) is 4.74 Å². The standard InChI is InChI=1S/C39H24N4O/c1-2-10-25(11-3-1)26-12-8-13-27(22-26)28-23-41-32-16-9-17-33-36(32)39(42(41)24-28)37-34(44-33)20-19-30-29-14-4-5-15-31(29)43(38(30)37)35-18-6-7-21-40(35)39/h1-24H/q+2. The lowest BCUT2D eigenvalue weighted by molar-refractivity contribution is -0.993. The van der Waals surface area contributed by atoms with Gasteiger partial charge < -0.3 is 4.74 Å². The summed E-state index contributed by atoms with van der Waals surface area (Å²) in [5, 5.41) is 2.48. The second-order valence-corrected chi connectivity index (χ2v) is 11.9. The van der Waals surface area contributed by atoms with Crippen LogP contribution in [0.2, 0.25) is 0 Å². The van der Waals surface area contributed by atoms with Gasteiger partial charge in [-0.15, -0.1) is 4.68 Å². The Morgan fingerprint density at radius 3 is 2.30 bits per heavy atom. The Bertz CT molecular complexity index is 2540. The van der Waals surface area contributed by atoms with E-state index in [1.54, 1.807) is 0 Å². The van der Waals surface area contributed by atoms with Gasteiger partial charge in [-0.2, -0.15) is 9.13 Å². The van der Waals surface area contributed by atoms with Gasteiger partial charge in [-0.1, -0.05) is 77.5 Å². The van der Waals surface area contributed by atoms with Crippen LogP contribution in [-0.2, 0) is 5.66 Å². The zero-order chi connectivity index (χ0) is 28.6. The van der Waals surface area contributed by atoms with Crippen LogP contribution in [-0.4, -0.2) is 9.25 Å². The number of aromatic nitrogens is 4. The highest BCUT2D eigenvalue weighted by molar-refractivity contribution is 6.11. The molecule has 0 N–H and O–H groups in total. The Kier molecular flexibility index (Phi) is 3.97. The average molecular weight is 565 g/mol. The van der Waals surface area contributed by atoms with Crippen molar-refractivity contribution in [3.8, 4) is 45.3 Å². The van der Waals surface area contributed by atoms with Crippen molar-refractivity contribution in [2.45, 2.75) is 5.66 Å². The van der Waals surface area contributed by atoms with E-state index in [0.29, 0.717) is 0 Å². The predicted octanol–water partition coefficient (Wildman–Crippen LogP) is 7.51. The van der Waals surface area contributed by atoms with Gasteiger partial charge in [0.1, 0.15) is 28.3 Å². The van der Waals surface area contributed by atoms with Gasteiger partial charge in [0.25, 0.3) is 5.82 Å². The Morgan fingerprint density at radius 1 is 0.591 bits per heavy atom. The fourth-order valence-electron chi connectivity index (χ4n) is 8.07. The van der Waals surface area contributed by atoms with Crippen molar-refractivity contribution >= 4 is 21.8 Å². The van der Waals surface area contributed by atoms with E-state index in [1.165, 1.54) is 49.6 Å². The Labute approximate surface area is 252 Å². The lowest BCUT2D eigenvalue weighted by Crippen LogP contribution is -2.76. The Balaban J connectivity index is 1.28. The van der Waals surface area contributed by atoms with Crippen molar-refractivity contribution in [2.75, 3.05) is 0 Å². The van der Waals surface area contributed by atoms with E-state index < -0.39 is 5.66 Å². The second-order valence-electron chi connectivity index (χ2n) is 11.9. The van der Waals surface area contributed by atoms with Gasteiger partial charge in [0.05, 0.1) is 18.0 Å². The minimum Gasteiger partial charge on any atom is -0.456 e. The minimum atomic E-state index is -0.671. The highest BCUT2D eigenvalue weighted by Gasteiger charge is 2.68. The molecule has 0 amide bonds. The molecule has 0 bridgehead atoms. The monoisotopic (exact) mass is 564 g/mol. The number of fused-ring (bicyclic) bond motifs is 7. The van der Waals surface area contributed by atoms with Crippen molar-refractivity contribution in [1.82, 2.24) is 9.25 Å². The van der Waals surface area contributed by atoms with Gasteiger partial charge >= 0.3 is 5.66 Å². The summed E-state index contributed by atoms with van der Waals surface area (Å²) in [6.45, 7) is 0. The molecule has 8 aromatic rings. The van der Waals surface area contributed by atoms with Crippen LogP contribution in [0.25, 0.3) is 55.6 Å². The molecule has 0 aliphatic carbocycles. The molecular weight excluding hydrogens is 540 g/mol. The summed E-state index contributed by atoms with van der Waals surface area (Å²) in [5.41, 5.74) is 9.96. The lowest BCUT2D eigenvalue weighted by atomic mass is 9.84. The Morgan fingerprint density at radius 2 is 1.36 bits per heavy atom. The van der Waals surface area contributed by atoms with Crippen LogP contribution < -0.4 is 14.0 Å². The number of para-hydroxylation sites is 1. The van der Waals surface area contributed by atoms with Crippen molar-refractivity contribution < 1.29 is 14.0 Å². The van der Waals surface area contributed by atoms with Crippen molar-refractivity contribution in [1.29, 1.82) is 0 Å². The van der Waals surface area contributed by atoms with Gasteiger partial charge in [0.15, 0.2) is 11.1 Å². The number of rotatable bonds is 2. The van der Waals surface area contributed by atoms with E-state index in [0.717, 1.165) is 28.6 Å². The van der Waals surface area contributed by atoms with Crippen molar-refractivity contribution in [3.05, 3.63) is 157 Å². The number of hydrogen-bond donors (Lipinski definition) is 0. The average Bonchev–Trinajstić information content (AvgIpc) is 3.75. The maximum Gasteiger partial charge on any atom is 0.397 e. The highest BCUT2D eigenvalue weighted by Crippen LogP contribution is 2.55. The number of benzene rings is 5. The van der Waals surface area contributed by atoms with E-state index in [-0.39, 0.29) is 0 Å². The molecule has 5 aromatic carbocycles. The van der Waals surface area contributed by atoms with Crippen LogP contribution in [0, 0.1) is 0 Å². The van der Waals surface area contributed by atoms with E-state index in [2.05, 4.69) is 164 Å². The van der Waals surface area contributed by atoms with Crippen molar-refractivity contribution in [2.24, 2.45) is 0 Å². The smallest absolute Gasteiger partial charge is 0.397 e. The van der Waals surface area contributed by atoms with E-state index >= 15 is 0 Å². The van der Waals surface area contributed by atoms with Crippen LogP contribution in [0.1, 0.15) is 11.1 Å². The number of pyridine rings is 1. The van der Waals surface area contributed by atoms with Gasteiger partial charge in [-0.05, 0) is 65.2 Å². The fraction of sp³-hybridized carbons (Fsp3) is 0.0256. The molecule has 0 saturated heterocycles. The summed E-state index contributed by atoms with van der Waals surface area (Å²) in [6.07, 6.45) is 6.83. The molecule has 3 aliphatic heterocycles. The molecule has 0 fully saturated rings. The molecule has 5 heteroatoms. The molecule has 1 atom stereocenters. The fourth-order valence-corrected chi connectivity index (χ4v) is 8.07. The summed E-state index contributed by atoms with van der Waals surface area (Å²) in [6, 6.07) is 45.5. The summed E-state index contributed by atoms with van der Waals surface area (Å²) >= 11 is 0. The molecule has 44 heavy (non-hydrogen) atoms. The summed E-state index contributed by atoms with van der Waals surface area (Å²) in [7, 11) is 0. The molecule has 5 nitrogen and oxygen atoms in total. The summed E-state index contributed by atoms with van der Waals surface area (Å²) in [4.78, 5) is 0. The van der Waals surface area contributed by atoms with Gasteiger partial charge in [0.2, 0.25) is 6.20 Å². The lowest BCUT2D eigenvalue weighted by Gasteiger charge is -2.32. The van der Waals surface area contributed by atoms with Gasteiger partial charge in [-0.25, -0.2) is 0 Å². The normalized spacial score (nSPS) is 16.5. The predicted molar refractivity (Wildman–Crippen MR) is 169 cm³/mol. The molecular formula is C39H24N4O+2. The SMILES string of the molecule is c1ccc(-c2cccc(-c3cn4[n+](c3)C35c6c(cccc6-4)Oc4ccc6c7ccccc7n(c6c43)-c3cccc[n+]35)c2)cc1. The number of ether oxygens (including phenoxy) is 1. The second kappa shape index (κ2) is 7.71. The molecule has 0 saturated carbocycles. The van der Waals surface area contributed by atoms with Crippen LogP contribution in [0.3, 0.4) is 0 Å². The maximum absolute atomic E-state index is 6.77. The molecule has 1 spiro atoms. The number of nitrogens with zero attached hydrogens (tertiary/aromatic N) is 4. The first-order valence-electron chi connectivity index (χ1n) is 15.0. The third kappa shape index (κ3) is 2.50. The third-order valence-corrected chi connectivity index (χ3v) is 9.77. The molecule has 0 radical (unpaired) electrons. The zero-order valence-electron chi connectivity index (χ0n) is 23.6. The maximum atomic E-state index is 6.77. The van der Waals surface area contributed by atoms with E-state index in [1.807, 2.05) is 0 Å². The van der Waals surface area contributed by atoms with Crippen molar-refractivity contribution in [3.63, 3.8) is 0 Å². The first-order chi connectivity index (χ1) is 21.8. The third-order valence-electron chi connectivity index (χ3n) is 9.77. The molecule has 11 rings (SSSR count). The minimum absolute atomic E-state index is 0.671.